The van der Waals surface area contributed by atoms with Gasteiger partial charge in [-0.1, -0.05) is 104 Å². The zero-order valence-electron chi connectivity index (χ0n) is 25.0. The molecular formula is C35H50O5. The normalized spacial score (nSPS) is 11.2. The maximum atomic E-state index is 12.5. The molecule has 0 aromatic heterocycles. The Labute approximate surface area is 242 Å². The molecule has 0 amide bonds. The first-order valence-corrected chi connectivity index (χ1v) is 15.4. The highest BCUT2D eigenvalue weighted by Crippen LogP contribution is 2.18. The second kappa shape index (κ2) is 20.8. The molecule has 0 unspecified atom stereocenters. The van der Waals surface area contributed by atoms with Gasteiger partial charge in [-0.3, -0.25) is 0 Å². The lowest BCUT2D eigenvalue weighted by atomic mass is 10.1. The van der Waals surface area contributed by atoms with Crippen molar-refractivity contribution in [3.05, 3.63) is 65.7 Å². The van der Waals surface area contributed by atoms with E-state index in [-0.39, 0.29) is 5.97 Å². The third kappa shape index (κ3) is 15.5. The minimum atomic E-state index is -0.426. The summed E-state index contributed by atoms with van der Waals surface area (Å²) in [5.74, 6) is 0.905. The van der Waals surface area contributed by atoms with Gasteiger partial charge in [0, 0.05) is 6.08 Å². The zero-order valence-corrected chi connectivity index (χ0v) is 25.0. The molecule has 0 heterocycles. The van der Waals surface area contributed by atoms with Crippen molar-refractivity contribution in [1.29, 1.82) is 0 Å². The Morgan fingerprint density at radius 3 is 1.82 bits per heavy atom. The Balaban J connectivity index is 1.59. The number of hydrogen-bond acceptors (Lipinski definition) is 5. The third-order valence-electron chi connectivity index (χ3n) is 6.80. The van der Waals surface area contributed by atoms with Crippen LogP contribution in [-0.4, -0.2) is 25.2 Å². The van der Waals surface area contributed by atoms with Crippen LogP contribution in [0.5, 0.6) is 11.5 Å². The van der Waals surface area contributed by atoms with E-state index in [0.29, 0.717) is 30.4 Å². The van der Waals surface area contributed by atoms with Crippen molar-refractivity contribution in [3.8, 4) is 11.5 Å². The van der Waals surface area contributed by atoms with Crippen LogP contribution in [0, 0.1) is 5.92 Å². The fourth-order valence-electron chi connectivity index (χ4n) is 4.24. The number of ether oxygens (including phenoxy) is 3. The van der Waals surface area contributed by atoms with Crippen LogP contribution in [0.3, 0.4) is 0 Å². The summed E-state index contributed by atoms with van der Waals surface area (Å²) in [4.78, 5) is 24.3. The van der Waals surface area contributed by atoms with Crippen molar-refractivity contribution in [2.45, 2.75) is 104 Å². The highest BCUT2D eigenvalue weighted by atomic mass is 16.5. The van der Waals surface area contributed by atoms with Crippen LogP contribution in [-0.2, 0) is 9.53 Å². The Kier molecular flexibility index (Phi) is 17.2. The van der Waals surface area contributed by atoms with E-state index in [2.05, 4.69) is 20.8 Å². The molecule has 0 spiro atoms. The van der Waals surface area contributed by atoms with Gasteiger partial charge in [0.15, 0.2) is 0 Å². The first-order chi connectivity index (χ1) is 19.5. The molecule has 5 heteroatoms. The predicted octanol–water partition coefficient (Wildman–Crippen LogP) is 9.59. The number of hydrogen-bond donors (Lipinski definition) is 0. The van der Waals surface area contributed by atoms with E-state index in [1.807, 2.05) is 12.1 Å². The van der Waals surface area contributed by atoms with Gasteiger partial charge < -0.3 is 14.2 Å². The number of unbranched alkanes of at least 4 members (excludes halogenated alkanes) is 11. The van der Waals surface area contributed by atoms with Crippen LogP contribution in [0.4, 0.5) is 0 Å². The molecular weight excluding hydrogens is 500 g/mol. The summed E-state index contributed by atoms with van der Waals surface area (Å²) in [6.45, 7) is 7.55. The predicted molar refractivity (Wildman–Crippen MR) is 164 cm³/mol. The van der Waals surface area contributed by atoms with E-state index in [1.54, 1.807) is 42.5 Å². The molecule has 2 aromatic rings. The average Bonchev–Trinajstić information content (AvgIpc) is 2.95. The lowest BCUT2D eigenvalue weighted by molar-refractivity contribution is -0.137. The molecule has 40 heavy (non-hydrogen) atoms. The largest absolute Gasteiger partial charge is 0.494 e. The Morgan fingerprint density at radius 2 is 1.25 bits per heavy atom. The van der Waals surface area contributed by atoms with Crippen molar-refractivity contribution >= 4 is 18.0 Å². The van der Waals surface area contributed by atoms with Gasteiger partial charge in [-0.15, -0.1) is 0 Å². The second-order valence-corrected chi connectivity index (χ2v) is 10.9. The molecule has 0 bridgehead atoms. The minimum absolute atomic E-state index is 0.363. The monoisotopic (exact) mass is 550 g/mol. The van der Waals surface area contributed by atoms with Crippen molar-refractivity contribution in [2.24, 2.45) is 5.92 Å². The van der Waals surface area contributed by atoms with Gasteiger partial charge in [0.1, 0.15) is 11.5 Å². The molecule has 0 saturated heterocycles. The summed E-state index contributed by atoms with van der Waals surface area (Å²) in [5, 5.41) is 0. The summed E-state index contributed by atoms with van der Waals surface area (Å²) < 4.78 is 16.5. The highest BCUT2D eigenvalue weighted by Gasteiger charge is 2.09. The topological polar surface area (TPSA) is 61.8 Å². The number of rotatable bonds is 21. The molecule has 0 aliphatic carbocycles. The number of benzene rings is 2. The summed E-state index contributed by atoms with van der Waals surface area (Å²) in [6, 6.07) is 14.0. The third-order valence-corrected chi connectivity index (χ3v) is 6.80. The standard InChI is InChI=1S/C35H50O5/c1-4-5-6-7-8-9-10-11-12-13-14-15-27-38-32-23-19-31(20-24-32)35(37)40-33-21-16-30(17-22-33)18-25-34(36)39-28-26-29(2)3/h16-25,29H,4-15,26-28H2,1-3H3/b25-18+. The van der Waals surface area contributed by atoms with Crippen molar-refractivity contribution in [3.63, 3.8) is 0 Å². The lowest BCUT2D eigenvalue weighted by Gasteiger charge is -2.08. The maximum absolute atomic E-state index is 12.5. The Bertz CT molecular complexity index is 976. The van der Waals surface area contributed by atoms with Crippen LogP contribution < -0.4 is 9.47 Å². The summed E-state index contributed by atoms with van der Waals surface area (Å²) in [7, 11) is 0. The molecule has 0 aliphatic heterocycles. The number of carbonyl (C=O) groups excluding carboxylic acids is 2. The molecule has 0 N–H and O–H groups in total. The lowest BCUT2D eigenvalue weighted by Crippen LogP contribution is -2.08. The molecule has 2 aromatic carbocycles. The van der Waals surface area contributed by atoms with E-state index >= 15 is 0 Å². The van der Waals surface area contributed by atoms with Crippen LogP contribution in [0.25, 0.3) is 6.08 Å². The van der Waals surface area contributed by atoms with Gasteiger partial charge in [0.05, 0.1) is 18.8 Å². The zero-order chi connectivity index (χ0) is 28.8. The van der Waals surface area contributed by atoms with E-state index in [4.69, 9.17) is 14.2 Å². The van der Waals surface area contributed by atoms with Gasteiger partial charge in [-0.2, -0.15) is 0 Å². The molecule has 5 nitrogen and oxygen atoms in total. The van der Waals surface area contributed by atoms with Crippen molar-refractivity contribution in [1.82, 2.24) is 0 Å². The molecule has 0 fully saturated rings. The summed E-state index contributed by atoms with van der Waals surface area (Å²) >= 11 is 0. The molecule has 0 aliphatic rings. The first kappa shape index (κ1) is 33.1. The molecule has 220 valence electrons. The van der Waals surface area contributed by atoms with Gasteiger partial charge in [-0.05, 0) is 66.8 Å². The van der Waals surface area contributed by atoms with Gasteiger partial charge in [0.25, 0.3) is 0 Å². The quantitative estimate of drug-likeness (QED) is 0.0670. The molecule has 0 atom stereocenters. The number of esters is 2. The smallest absolute Gasteiger partial charge is 0.343 e. The van der Waals surface area contributed by atoms with E-state index in [1.165, 1.54) is 76.7 Å². The van der Waals surface area contributed by atoms with Crippen LogP contribution >= 0.6 is 0 Å². The van der Waals surface area contributed by atoms with Gasteiger partial charge in [0.2, 0.25) is 0 Å². The fraction of sp³-hybridized carbons (Fsp3) is 0.543. The van der Waals surface area contributed by atoms with E-state index in [9.17, 15) is 9.59 Å². The van der Waals surface area contributed by atoms with E-state index in [0.717, 1.165) is 24.2 Å². The fourth-order valence-corrected chi connectivity index (χ4v) is 4.24. The van der Waals surface area contributed by atoms with Crippen LogP contribution in [0.2, 0.25) is 0 Å². The SMILES string of the molecule is CCCCCCCCCCCCCCOc1ccc(C(=O)Oc2ccc(/C=C/C(=O)OCCC(C)C)cc2)cc1. The molecule has 0 radical (unpaired) electrons. The molecule has 2 rings (SSSR count). The second-order valence-electron chi connectivity index (χ2n) is 10.9. The summed E-state index contributed by atoms with van der Waals surface area (Å²) in [6.07, 6.45) is 19.8. The maximum Gasteiger partial charge on any atom is 0.343 e. The Morgan fingerprint density at radius 1 is 0.700 bits per heavy atom. The minimum Gasteiger partial charge on any atom is -0.494 e. The van der Waals surface area contributed by atoms with Crippen LogP contribution in [0.1, 0.15) is 120 Å². The Hall–Kier alpha value is -3.08. The van der Waals surface area contributed by atoms with Crippen molar-refractivity contribution < 1.29 is 23.8 Å². The van der Waals surface area contributed by atoms with Crippen LogP contribution in [0.15, 0.2) is 54.6 Å². The highest BCUT2D eigenvalue weighted by molar-refractivity contribution is 5.91. The summed E-state index contributed by atoms with van der Waals surface area (Å²) in [5.41, 5.74) is 1.28. The average molecular weight is 551 g/mol. The number of carbonyl (C=O) groups is 2. The molecule has 0 saturated carbocycles. The van der Waals surface area contributed by atoms with Gasteiger partial charge >= 0.3 is 11.9 Å². The first-order valence-electron chi connectivity index (χ1n) is 15.4. The van der Waals surface area contributed by atoms with Crippen molar-refractivity contribution in [2.75, 3.05) is 13.2 Å². The van der Waals surface area contributed by atoms with Gasteiger partial charge in [-0.25, -0.2) is 9.59 Å². The van der Waals surface area contributed by atoms with E-state index < -0.39 is 5.97 Å².